The molecule has 0 fully saturated rings. The molecule has 4 aromatic rings. The fourth-order valence-electron chi connectivity index (χ4n) is 5.32. The number of rotatable bonds is 9. The summed E-state index contributed by atoms with van der Waals surface area (Å²) in [5.74, 6) is 1.36. The Labute approximate surface area is 236 Å². The Morgan fingerprint density at radius 1 is 0.846 bits per heavy atom. The van der Waals surface area contributed by atoms with Crippen LogP contribution in [-0.4, -0.2) is 43.7 Å². The van der Waals surface area contributed by atoms with E-state index in [0.29, 0.717) is 29.2 Å². The number of hydrogen-bond donors (Lipinski definition) is 0. The minimum absolute atomic E-state index is 0.167. The zero-order valence-corrected chi connectivity index (χ0v) is 23.3. The monoisotopic (exact) mass is 557 g/mol. The van der Waals surface area contributed by atoms with Gasteiger partial charge in [0.2, 0.25) is 0 Å². The van der Waals surface area contributed by atoms with Gasteiger partial charge in [0.15, 0.2) is 5.82 Å². The van der Waals surface area contributed by atoms with E-state index < -0.39 is 0 Å². The van der Waals surface area contributed by atoms with Crippen molar-refractivity contribution in [3.8, 4) is 5.00 Å². The highest BCUT2D eigenvalue weighted by atomic mass is 35.5. The average molecular weight is 558 g/mol. The van der Waals surface area contributed by atoms with Crippen LogP contribution in [0.3, 0.4) is 0 Å². The number of thiophene rings is 1. The fraction of sp³-hybridized carbons (Fsp3) is 0.300. The maximum absolute atomic E-state index is 12.5. The van der Waals surface area contributed by atoms with Crippen molar-refractivity contribution in [2.24, 2.45) is 4.99 Å². The van der Waals surface area contributed by atoms with Crippen LogP contribution in [0.15, 0.2) is 59.6 Å². The van der Waals surface area contributed by atoms with Crippen LogP contribution in [0.4, 0.5) is 0 Å². The molecule has 0 saturated carbocycles. The summed E-state index contributed by atoms with van der Waals surface area (Å²) >= 11 is 8.34. The quantitative estimate of drug-likeness (QED) is 0.175. The van der Waals surface area contributed by atoms with Gasteiger partial charge in [-0.05, 0) is 50.5 Å². The minimum Gasteiger partial charge on any atom is -0.276 e. The van der Waals surface area contributed by atoms with Crippen LogP contribution in [0.25, 0.3) is 5.00 Å². The average Bonchev–Trinajstić information content (AvgIpc) is 3.56. The first-order chi connectivity index (χ1) is 19.0. The zero-order valence-electron chi connectivity index (χ0n) is 21.7. The second kappa shape index (κ2) is 10.9. The van der Waals surface area contributed by atoms with Gasteiger partial charge in [-0.1, -0.05) is 61.2 Å². The fourth-order valence-corrected chi connectivity index (χ4v) is 6.81. The number of halogens is 1. The molecule has 2 aliphatic rings. The molecule has 0 bridgehead atoms. The lowest BCUT2D eigenvalue weighted by atomic mass is 10.0. The van der Waals surface area contributed by atoms with E-state index in [2.05, 4.69) is 20.8 Å². The summed E-state index contributed by atoms with van der Waals surface area (Å²) in [4.78, 5) is 32.7. The molecule has 7 nitrogen and oxygen atoms in total. The third-order valence-electron chi connectivity index (χ3n) is 7.30. The SMILES string of the molecule is Cc1nnc2n1-c1sc(CCCCCCCN3C(=O)c4ccccc4C3=O)cc1C(c1ccccc1Cl)=NC2. The number of aryl methyl sites for hydroxylation is 2. The molecule has 0 spiro atoms. The third kappa shape index (κ3) is 4.83. The number of aliphatic imine (C=N–C) groups is 1. The molecular formula is C30H28ClN5O2S. The second-order valence-corrected chi connectivity index (χ2v) is 11.4. The number of imide groups is 1. The highest BCUT2D eigenvalue weighted by Crippen LogP contribution is 2.35. The van der Waals surface area contributed by atoms with Crippen LogP contribution >= 0.6 is 22.9 Å². The summed E-state index contributed by atoms with van der Waals surface area (Å²) in [6.07, 6.45) is 6.01. The topological polar surface area (TPSA) is 80.5 Å². The van der Waals surface area contributed by atoms with Gasteiger partial charge in [-0.25, -0.2) is 0 Å². The van der Waals surface area contributed by atoms with E-state index in [1.54, 1.807) is 35.6 Å². The summed E-state index contributed by atoms with van der Waals surface area (Å²) in [5.41, 5.74) is 3.95. The van der Waals surface area contributed by atoms with Gasteiger partial charge < -0.3 is 0 Å². The summed E-state index contributed by atoms with van der Waals surface area (Å²) in [7, 11) is 0. The number of unbranched alkanes of at least 4 members (excludes halogenated alkanes) is 4. The Bertz CT molecular complexity index is 1570. The van der Waals surface area contributed by atoms with Gasteiger partial charge in [0.1, 0.15) is 17.4 Å². The molecule has 2 aromatic carbocycles. The standard InChI is InChI=1S/C30H28ClN5O2S/c1-19-33-34-26-18-32-27(23-14-8-9-15-25(23)31)24-17-20(39-30(24)36(19)26)11-5-3-2-4-10-16-35-28(37)21-12-6-7-13-22(21)29(35)38/h6-9,12-15,17H,2-5,10-11,16,18H2,1H3. The van der Waals surface area contributed by atoms with Crippen LogP contribution in [0.1, 0.15) is 80.5 Å². The molecule has 198 valence electrons. The molecule has 39 heavy (non-hydrogen) atoms. The van der Waals surface area contributed by atoms with E-state index in [4.69, 9.17) is 16.6 Å². The lowest BCUT2D eigenvalue weighted by Crippen LogP contribution is -2.30. The van der Waals surface area contributed by atoms with Gasteiger partial charge >= 0.3 is 0 Å². The van der Waals surface area contributed by atoms with Crippen molar-refractivity contribution in [2.45, 2.75) is 52.0 Å². The lowest BCUT2D eigenvalue weighted by molar-refractivity contribution is 0.0651. The maximum atomic E-state index is 12.5. The Morgan fingerprint density at radius 3 is 2.26 bits per heavy atom. The Kier molecular flexibility index (Phi) is 7.14. The third-order valence-corrected chi connectivity index (χ3v) is 8.81. The molecule has 0 unspecified atom stereocenters. The first-order valence-electron chi connectivity index (χ1n) is 13.3. The lowest BCUT2D eigenvalue weighted by Gasteiger charge is -2.13. The molecule has 0 N–H and O–H groups in total. The highest BCUT2D eigenvalue weighted by Gasteiger charge is 2.34. The number of carbonyl (C=O) groups excluding carboxylic acids is 2. The summed E-state index contributed by atoms with van der Waals surface area (Å²) in [6.45, 7) is 2.91. The van der Waals surface area contributed by atoms with Crippen LogP contribution in [0.5, 0.6) is 0 Å². The van der Waals surface area contributed by atoms with Crippen LogP contribution in [0.2, 0.25) is 5.02 Å². The van der Waals surface area contributed by atoms with Crippen molar-refractivity contribution >= 4 is 40.5 Å². The summed E-state index contributed by atoms with van der Waals surface area (Å²) < 4.78 is 2.12. The van der Waals surface area contributed by atoms with E-state index in [-0.39, 0.29) is 11.8 Å². The van der Waals surface area contributed by atoms with Crippen LogP contribution in [-0.2, 0) is 13.0 Å². The van der Waals surface area contributed by atoms with Gasteiger partial charge in [0.05, 0.1) is 16.8 Å². The van der Waals surface area contributed by atoms with Crippen LogP contribution in [0, 0.1) is 6.92 Å². The molecule has 0 saturated heterocycles. The second-order valence-electron chi connectivity index (χ2n) is 9.90. The van der Waals surface area contributed by atoms with Crippen molar-refractivity contribution < 1.29 is 9.59 Å². The Morgan fingerprint density at radius 2 is 1.51 bits per heavy atom. The van der Waals surface area contributed by atoms with E-state index in [1.165, 1.54) is 9.78 Å². The molecule has 0 radical (unpaired) electrons. The van der Waals surface area contributed by atoms with Gasteiger partial charge in [-0.3, -0.25) is 24.0 Å². The van der Waals surface area contributed by atoms with Crippen molar-refractivity contribution in [3.05, 3.63) is 98.4 Å². The Hall–Kier alpha value is -3.62. The van der Waals surface area contributed by atoms with Crippen molar-refractivity contribution in [1.82, 2.24) is 19.7 Å². The summed E-state index contributed by atoms with van der Waals surface area (Å²) in [6, 6.07) is 17.2. The smallest absolute Gasteiger partial charge is 0.261 e. The zero-order chi connectivity index (χ0) is 26.9. The van der Waals surface area contributed by atoms with E-state index in [1.807, 2.05) is 31.2 Å². The number of amides is 2. The minimum atomic E-state index is -0.167. The number of nitrogens with zero attached hydrogens (tertiary/aromatic N) is 5. The molecule has 6 rings (SSSR count). The van der Waals surface area contributed by atoms with E-state index in [9.17, 15) is 9.59 Å². The predicted molar refractivity (Wildman–Crippen MR) is 153 cm³/mol. The van der Waals surface area contributed by atoms with E-state index in [0.717, 1.165) is 72.0 Å². The number of fused-ring (bicyclic) bond motifs is 4. The molecule has 2 aromatic heterocycles. The molecule has 2 amide bonds. The van der Waals surface area contributed by atoms with Crippen LogP contribution < -0.4 is 0 Å². The van der Waals surface area contributed by atoms with Gasteiger partial charge in [0, 0.05) is 27.6 Å². The molecule has 0 atom stereocenters. The molecular weight excluding hydrogens is 530 g/mol. The first-order valence-corrected chi connectivity index (χ1v) is 14.5. The number of benzene rings is 2. The van der Waals surface area contributed by atoms with E-state index >= 15 is 0 Å². The molecule has 9 heteroatoms. The highest BCUT2D eigenvalue weighted by molar-refractivity contribution is 7.15. The van der Waals surface area contributed by atoms with Crippen molar-refractivity contribution in [1.29, 1.82) is 0 Å². The van der Waals surface area contributed by atoms with Gasteiger partial charge in [0.25, 0.3) is 11.8 Å². The number of hydrogen-bond acceptors (Lipinski definition) is 6. The molecule has 4 heterocycles. The van der Waals surface area contributed by atoms with Crippen molar-refractivity contribution in [3.63, 3.8) is 0 Å². The number of carbonyl (C=O) groups is 2. The predicted octanol–water partition coefficient (Wildman–Crippen LogP) is 6.43. The van der Waals surface area contributed by atoms with Gasteiger partial charge in [-0.15, -0.1) is 21.5 Å². The van der Waals surface area contributed by atoms with Crippen molar-refractivity contribution in [2.75, 3.05) is 6.54 Å². The number of aromatic nitrogens is 3. The summed E-state index contributed by atoms with van der Waals surface area (Å²) in [5, 5.41) is 10.4. The van der Waals surface area contributed by atoms with Gasteiger partial charge in [-0.2, -0.15) is 0 Å². The molecule has 2 aliphatic heterocycles. The first kappa shape index (κ1) is 25.6. The maximum Gasteiger partial charge on any atom is 0.261 e. The Balaban J connectivity index is 1.07. The normalized spacial score (nSPS) is 14.2. The largest absolute Gasteiger partial charge is 0.276 e. The molecule has 0 aliphatic carbocycles.